The zero-order chi connectivity index (χ0) is 12.1. The Morgan fingerprint density at radius 1 is 1.18 bits per heavy atom. The van der Waals surface area contributed by atoms with Gasteiger partial charge in [0.05, 0.1) is 5.75 Å². The van der Waals surface area contributed by atoms with Gasteiger partial charge in [0.25, 0.3) is 0 Å². The molecule has 0 aromatic heterocycles. The van der Waals surface area contributed by atoms with E-state index >= 15 is 0 Å². The van der Waals surface area contributed by atoms with E-state index < -0.39 is 0 Å². The van der Waals surface area contributed by atoms with Crippen LogP contribution in [0.1, 0.15) is 25.7 Å². The van der Waals surface area contributed by atoms with Gasteiger partial charge in [-0.15, -0.1) is 11.8 Å². The lowest BCUT2D eigenvalue weighted by atomic mass is 10.3. The van der Waals surface area contributed by atoms with E-state index in [-0.39, 0.29) is 5.91 Å². The van der Waals surface area contributed by atoms with E-state index in [4.69, 9.17) is 0 Å². The molecule has 5 heteroatoms. The fourth-order valence-corrected chi connectivity index (χ4v) is 3.64. The molecule has 0 bridgehead atoms. The first kappa shape index (κ1) is 12.7. The molecular formula is C12H20N2O2S. The van der Waals surface area contributed by atoms with Crippen LogP contribution < -0.4 is 0 Å². The van der Waals surface area contributed by atoms with Gasteiger partial charge in [0.15, 0.2) is 0 Å². The van der Waals surface area contributed by atoms with Crippen LogP contribution in [-0.4, -0.2) is 59.3 Å². The summed E-state index contributed by atoms with van der Waals surface area (Å²) in [5.41, 5.74) is 0. The van der Waals surface area contributed by atoms with Crippen molar-refractivity contribution in [3.8, 4) is 0 Å². The number of carbonyl (C=O) groups is 2. The minimum atomic E-state index is 0.243. The lowest BCUT2D eigenvalue weighted by molar-refractivity contribution is -0.132. The van der Waals surface area contributed by atoms with Gasteiger partial charge >= 0.3 is 0 Å². The van der Waals surface area contributed by atoms with E-state index in [2.05, 4.69) is 0 Å². The normalized spacial score (nSPS) is 21.9. The molecule has 2 aliphatic rings. The maximum atomic E-state index is 11.9. The number of rotatable bonds is 4. The highest BCUT2D eigenvalue weighted by Gasteiger charge is 2.22. The second-order valence-electron chi connectivity index (χ2n) is 4.74. The van der Waals surface area contributed by atoms with Crippen LogP contribution in [0.3, 0.4) is 0 Å². The van der Waals surface area contributed by atoms with Crippen molar-refractivity contribution in [1.82, 2.24) is 9.80 Å². The molecule has 4 nitrogen and oxygen atoms in total. The van der Waals surface area contributed by atoms with Gasteiger partial charge in [0, 0.05) is 31.4 Å². The minimum absolute atomic E-state index is 0.243. The lowest BCUT2D eigenvalue weighted by Gasteiger charge is -2.32. The first-order valence-electron chi connectivity index (χ1n) is 6.38. The molecule has 0 atom stereocenters. The van der Waals surface area contributed by atoms with Crippen molar-refractivity contribution in [3.05, 3.63) is 0 Å². The largest absolute Gasteiger partial charge is 0.342 e. The topological polar surface area (TPSA) is 40.6 Å². The van der Waals surface area contributed by atoms with Crippen molar-refractivity contribution < 1.29 is 9.59 Å². The van der Waals surface area contributed by atoms with Crippen LogP contribution in [0, 0.1) is 0 Å². The molecule has 17 heavy (non-hydrogen) atoms. The fourth-order valence-electron chi connectivity index (χ4n) is 2.41. The van der Waals surface area contributed by atoms with Crippen molar-refractivity contribution >= 4 is 24.1 Å². The van der Waals surface area contributed by atoms with Crippen LogP contribution in [0.5, 0.6) is 0 Å². The van der Waals surface area contributed by atoms with Crippen LogP contribution in [0.15, 0.2) is 0 Å². The Labute approximate surface area is 107 Å². The van der Waals surface area contributed by atoms with E-state index in [0.29, 0.717) is 37.2 Å². The van der Waals surface area contributed by atoms with Gasteiger partial charge in [-0.1, -0.05) is 12.8 Å². The Morgan fingerprint density at radius 3 is 2.41 bits per heavy atom. The Kier molecular flexibility index (Phi) is 4.71. The smallest absolute Gasteiger partial charge is 0.232 e. The summed E-state index contributed by atoms with van der Waals surface area (Å²) in [5.74, 6) is 0.860. The van der Waals surface area contributed by atoms with E-state index in [1.807, 2.05) is 16.7 Å². The molecule has 1 saturated heterocycles. The van der Waals surface area contributed by atoms with Crippen molar-refractivity contribution in [2.45, 2.75) is 30.9 Å². The lowest BCUT2D eigenvalue weighted by Crippen LogP contribution is -2.48. The van der Waals surface area contributed by atoms with Gasteiger partial charge in [-0.3, -0.25) is 9.59 Å². The van der Waals surface area contributed by atoms with Gasteiger partial charge in [0.1, 0.15) is 0 Å². The van der Waals surface area contributed by atoms with Gasteiger partial charge in [-0.25, -0.2) is 0 Å². The summed E-state index contributed by atoms with van der Waals surface area (Å²) in [6.45, 7) is 2.76. The zero-order valence-electron chi connectivity index (χ0n) is 10.1. The molecule has 1 saturated carbocycles. The van der Waals surface area contributed by atoms with Crippen LogP contribution in [-0.2, 0) is 9.59 Å². The average Bonchev–Trinajstić information content (AvgIpc) is 2.89. The number of hydrogen-bond acceptors (Lipinski definition) is 3. The van der Waals surface area contributed by atoms with E-state index in [1.54, 1.807) is 4.90 Å². The Morgan fingerprint density at radius 2 is 1.82 bits per heavy atom. The number of nitrogens with zero attached hydrogens (tertiary/aromatic N) is 2. The molecule has 2 fully saturated rings. The summed E-state index contributed by atoms with van der Waals surface area (Å²) in [6.07, 6.45) is 6.07. The summed E-state index contributed by atoms with van der Waals surface area (Å²) in [4.78, 5) is 26.1. The number of carbonyl (C=O) groups excluding carboxylic acids is 2. The van der Waals surface area contributed by atoms with Crippen molar-refractivity contribution in [2.24, 2.45) is 0 Å². The average molecular weight is 256 g/mol. The predicted molar refractivity (Wildman–Crippen MR) is 68.9 cm³/mol. The molecule has 0 N–H and O–H groups in total. The van der Waals surface area contributed by atoms with Crippen molar-refractivity contribution in [2.75, 3.05) is 31.9 Å². The third-order valence-electron chi connectivity index (χ3n) is 3.56. The molecular weight excluding hydrogens is 236 g/mol. The van der Waals surface area contributed by atoms with Gasteiger partial charge in [-0.05, 0) is 12.8 Å². The Balaban J connectivity index is 1.67. The number of hydrogen-bond donors (Lipinski definition) is 0. The molecule has 1 aliphatic carbocycles. The standard InChI is InChI=1S/C12H20N2O2S/c15-10-13-5-7-14(8-6-13)12(16)9-17-11-3-1-2-4-11/h10-11H,1-9H2. The number of thioether (sulfide) groups is 1. The molecule has 0 radical (unpaired) electrons. The second-order valence-corrected chi connectivity index (χ2v) is 6.03. The fraction of sp³-hybridized carbons (Fsp3) is 0.833. The third-order valence-corrected chi connectivity index (χ3v) is 4.92. The first-order valence-corrected chi connectivity index (χ1v) is 7.43. The monoisotopic (exact) mass is 256 g/mol. The first-order chi connectivity index (χ1) is 8.29. The molecule has 1 aliphatic heterocycles. The summed E-state index contributed by atoms with van der Waals surface area (Å²) < 4.78 is 0. The minimum Gasteiger partial charge on any atom is -0.342 e. The molecule has 2 amide bonds. The van der Waals surface area contributed by atoms with Crippen molar-refractivity contribution in [1.29, 1.82) is 0 Å². The van der Waals surface area contributed by atoms with Crippen LogP contribution >= 0.6 is 11.8 Å². The molecule has 0 aromatic rings. The maximum Gasteiger partial charge on any atom is 0.232 e. The molecule has 96 valence electrons. The van der Waals surface area contributed by atoms with Crippen molar-refractivity contribution in [3.63, 3.8) is 0 Å². The molecule has 0 aromatic carbocycles. The summed E-state index contributed by atoms with van der Waals surface area (Å²) in [6, 6.07) is 0. The van der Waals surface area contributed by atoms with Gasteiger partial charge in [0.2, 0.25) is 12.3 Å². The van der Waals surface area contributed by atoms with Crippen LogP contribution in [0.2, 0.25) is 0 Å². The molecule has 0 spiro atoms. The highest BCUT2D eigenvalue weighted by atomic mass is 32.2. The second kappa shape index (κ2) is 6.28. The summed E-state index contributed by atoms with van der Waals surface area (Å²) >= 11 is 1.82. The summed E-state index contributed by atoms with van der Waals surface area (Å²) in [5, 5.41) is 0.704. The maximum absolute atomic E-state index is 11.9. The number of amides is 2. The van der Waals surface area contributed by atoms with E-state index in [9.17, 15) is 9.59 Å². The number of piperazine rings is 1. The van der Waals surface area contributed by atoms with Crippen LogP contribution in [0.25, 0.3) is 0 Å². The Hall–Kier alpha value is -0.710. The zero-order valence-corrected chi connectivity index (χ0v) is 11.0. The van der Waals surface area contributed by atoms with Crippen LogP contribution in [0.4, 0.5) is 0 Å². The SMILES string of the molecule is O=CN1CCN(C(=O)CSC2CCCC2)CC1. The predicted octanol–water partition coefficient (Wildman–Crippen LogP) is 0.963. The highest BCUT2D eigenvalue weighted by Crippen LogP contribution is 2.29. The molecule has 1 heterocycles. The molecule has 2 rings (SSSR count). The van der Waals surface area contributed by atoms with Gasteiger partial charge in [-0.2, -0.15) is 0 Å². The molecule has 0 unspecified atom stereocenters. The quantitative estimate of drug-likeness (QED) is 0.704. The van der Waals surface area contributed by atoms with E-state index in [1.165, 1.54) is 25.7 Å². The highest BCUT2D eigenvalue weighted by molar-refractivity contribution is 8.00. The Bertz CT molecular complexity index is 272. The van der Waals surface area contributed by atoms with E-state index in [0.717, 1.165) is 6.41 Å². The summed E-state index contributed by atoms with van der Waals surface area (Å²) in [7, 11) is 0. The van der Waals surface area contributed by atoms with Gasteiger partial charge < -0.3 is 9.80 Å². The third kappa shape index (κ3) is 3.63.